The molecule has 2 aromatic rings. The molecule has 0 aliphatic carbocycles. The summed E-state index contributed by atoms with van der Waals surface area (Å²) in [5.74, 6) is 1.82. The third kappa shape index (κ3) is 4.44. The molecule has 0 N–H and O–H groups in total. The molecule has 1 saturated heterocycles. The summed E-state index contributed by atoms with van der Waals surface area (Å²) in [5.41, 5.74) is 0.456. The van der Waals surface area contributed by atoms with Gasteiger partial charge in [-0.05, 0) is 25.0 Å². The summed E-state index contributed by atoms with van der Waals surface area (Å²) >= 11 is 0. The number of benzene rings is 1. The van der Waals surface area contributed by atoms with Crippen LogP contribution < -0.4 is 23.7 Å². The Labute approximate surface area is 169 Å². The van der Waals surface area contributed by atoms with Crippen molar-refractivity contribution < 1.29 is 28.5 Å². The van der Waals surface area contributed by atoms with Gasteiger partial charge < -0.3 is 28.6 Å². The third-order valence-electron chi connectivity index (χ3n) is 4.68. The van der Waals surface area contributed by atoms with Crippen LogP contribution in [0.4, 0.5) is 0 Å². The Bertz CT molecular complexity index is 835. The Morgan fingerprint density at radius 3 is 2.21 bits per heavy atom. The second-order valence-corrected chi connectivity index (χ2v) is 6.42. The normalized spacial score (nSPS) is 16.1. The Morgan fingerprint density at radius 2 is 1.62 bits per heavy atom. The number of rotatable bonds is 7. The van der Waals surface area contributed by atoms with Crippen LogP contribution in [0.25, 0.3) is 0 Å². The second kappa shape index (κ2) is 9.31. The molecule has 9 heteroatoms. The van der Waals surface area contributed by atoms with E-state index < -0.39 is 0 Å². The average molecular weight is 403 g/mol. The quantitative estimate of drug-likeness (QED) is 0.695. The van der Waals surface area contributed by atoms with Crippen molar-refractivity contribution in [2.75, 3.05) is 41.5 Å². The lowest BCUT2D eigenvalue weighted by Gasteiger charge is -2.33. The van der Waals surface area contributed by atoms with Crippen molar-refractivity contribution in [1.29, 1.82) is 0 Å². The molecule has 29 heavy (non-hydrogen) atoms. The molecule has 1 aliphatic rings. The first-order valence-electron chi connectivity index (χ1n) is 9.22. The number of nitrogens with zero attached hydrogens (tertiary/aromatic N) is 3. The van der Waals surface area contributed by atoms with E-state index in [0.717, 1.165) is 12.8 Å². The Hall–Kier alpha value is -3.23. The number of hydrogen-bond donors (Lipinski definition) is 0. The summed E-state index contributed by atoms with van der Waals surface area (Å²) in [6.45, 7) is 1.06. The Kier molecular flexibility index (Phi) is 6.58. The molecule has 2 heterocycles. The minimum Gasteiger partial charge on any atom is -0.493 e. The summed E-state index contributed by atoms with van der Waals surface area (Å²) in [7, 11) is 6.07. The first-order valence-corrected chi connectivity index (χ1v) is 9.22. The van der Waals surface area contributed by atoms with Gasteiger partial charge in [0.1, 0.15) is 6.10 Å². The van der Waals surface area contributed by atoms with Gasteiger partial charge in [-0.2, -0.15) is 0 Å². The average Bonchev–Trinajstić information content (AvgIpc) is 2.78. The summed E-state index contributed by atoms with van der Waals surface area (Å²) in [4.78, 5) is 23.1. The van der Waals surface area contributed by atoms with Gasteiger partial charge in [-0.15, -0.1) is 0 Å². The molecule has 1 aliphatic heterocycles. The van der Waals surface area contributed by atoms with E-state index >= 15 is 0 Å². The van der Waals surface area contributed by atoms with Crippen LogP contribution in [-0.2, 0) is 0 Å². The molecule has 1 aromatic carbocycles. The number of amides is 1. The van der Waals surface area contributed by atoms with Crippen molar-refractivity contribution in [2.45, 2.75) is 18.9 Å². The molecule has 3 rings (SSSR count). The van der Waals surface area contributed by atoms with Gasteiger partial charge >= 0.3 is 0 Å². The molecule has 1 atom stereocenters. The molecule has 156 valence electrons. The summed E-state index contributed by atoms with van der Waals surface area (Å²) < 4.78 is 27.2. The molecule has 0 radical (unpaired) electrons. The standard InChI is InChI=1S/C20H25N3O6/c1-25-15-10-13(11-16(26-2)17(15)27-3)20(24)23-9-5-6-14(12-23)29-19-18(28-4)21-7-8-22-19/h7-8,10-11,14H,5-6,9,12H2,1-4H3. The molecule has 0 spiro atoms. The van der Waals surface area contributed by atoms with Crippen molar-refractivity contribution in [3.8, 4) is 29.0 Å². The highest BCUT2D eigenvalue weighted by Crippen LogP contribution is 2.38. The number of carbonyl (C=O) groups is 1. The highest BCUT2D eigenvalue weighted by Gasteiger charge is 2.28. The highest BCUT2D eigenvalue weighted by atomic mass is 16.5. The molecular formula is C20H25N3O6. The van der Waals surface area contributed by atoms with Crippen LogP contribution in [0.15, 0.2) is 24.5 Å². The molecule has 0 saturated carbocycles. The smallest absolute Gasteiger partial charge is 0.278 e. The predicted molar refractivity (Wildman–Crippen MR) is 104 cm³/mol. The van der Waals surface area contributed by atoms with E-state index in [-0.39, 0.29) is 12.0 Å². The Balaban J connectivity index is 1.77. The van der Waals surface area contributed by atoms with Crippen molar-refractivity contribution in [2.24, 2.45) is 0 Å². The minimum atomic E-state index is -0.208. The lowest BCUT2D eigenvalue weighted by molar-refractivity contribution is 0.0518. The number of likely N-dealkylation sites (tertiary alicyclic amines) is 1. The predicted octanol–water partition coefficient (Wildman–Crippen LogP) is 2.19. The maximum Gasteiger partial charge on any atom is 0.278 e. The van der Waals surface area contributed by atoms with Gasteiger partial charge in [-0.25, -0.2) is 9.97 Å². The van der Waals surface area contributed by atoms with Crippen molar-refractivity contribution >= 4 is 5.91 Å². The number of methoxy groups -OCH3 is 4. The van der Waals surface area contributed by atoms with Crippen LogP contribution in [0.1, 0.15) is 23.2 Å². The molecule has 1 fully saturated rings. The fourth-order valence-corrected chi connectivity index (χ4v) is 3.30. The van der Waals surface area contributed by atoms with Crippen LogP contribution >= 0.6 is 0 Å². The van der Waals surface area contributed by atoms with Crippen LogP contribution in [-0.4, -0.2) is 68.4 Å². The van der Waals surface area contributed by atoms with Crippen LogP contribution in [0.2, 0.25) is 0 Å². The lowest BCUT2D eigenvalue weighted by Crippen LogP contribution is -2.44. The first-order chi connectivity index (χ1) is 14.1. The largest absolute Gasteiger partial charge is 0.493 e. The SMILES string of the molecule is COc1cc(C(=O)N2CCCC(Oc3nccnc3OC)C2)cc(OC)c1OC. The van der Waals surface area contributed by atoms with E-state index in [1.807, 2.05) is 0 Å². The van der Waals surface area contributed by atoms with Gasteiger partial charge in [-0.3, -0.25) is 4.79 Å². The number of ether oxygens (including phenoxy) is 5. The van der Waals surface area contributed by atoms with E-state index in [2.05, 4.69) is 9.97 Å². The molecule has 1 aromatic heterocycles. The zero-order chi connectivity index (χ0) is 20.8. The molecule has 1 unspecified atom stereocenters. The lowest BCUT2D eigenvalue weighted by atomic mass is 10.1. The van der Waals surface area contributed by atoms with Gasteiger partial charge in [0, 0.05) is 24.5 Å². The van der Waals surface area contributed by atoms with Crippen LogP contribution in [0, 0.1) is 0 Å². The van der Waals surface area contributed by atoms with Gasteiger partial charge in [0.05, 0.1) is 35.0 Å². The second-order valence-electron chi connectivity index (χ2n) is 6.42. The summed E-state index contributed by atoms with van der Waals surface area (Å²) in [6.07, 6.45) is 4.48. The van der Waals surface area contributed by atoms with Gasteiger partial charge in [0.15, 0.2) is 11.5 Å². The molecular weight excluding hydrogens is 378 g/mol. The summed E-state index contributed by atoms with van der Waals surface area (Å²) in [5, 5.41) is 0. The zero-order valence-electron chi connectivity index (χ0n) is 17.0. The zero-order valence-corrected chi connectivity index (χ0v) is 17.0. The molecule has 0 bridgehead atoms. The fourth-order valence-electron chi connectivity index (χ4n) is 3.30. The van der Waals surface area contributed by atoms with E-state index in [9.17, 15) is 4.79 Å². The number of piperidine rings is 1. The van der Waals surface area contributed by atoms with Gasteiger partial charge in [0.2, 0.25) is 5.75 Å². The number of carbonyl (C=O) groups excluding carboxylic acids is 1. The number of hydrogen-bond acceptors (Lipinski definition) is 8. The van der Waals surface area contributed by atoms with E-state index in [1.165, 1.54) is 34.6 Å². The van der Waals surface area contributed by atoms with Crippen molar-refractivity contribution in [3.05, 3.63) is 30.1 Å². The maximum atomic E-state index is 13.1. The number of aromatic nitrogens is 2. The van der Waals surface area contributed by atoms with Gasteiger partial charge in [-0.1, -0.05) is 0 Å². The topological polar surface area (TPSA) is 92.2 Å². The van der Waals surface area contributed by atoms with Crippen molar-refractivity contribution in [3.63, 3.8) is 0 Å². The molecule has 9 nitrogen and oxygen atoms in total. The monoisotopic (exact) mass is 403 g/mol. The van der Waals surface area contributed by atoms with Crippen molar-refractivity contribution in [1.82, 2.24) is 14.9 Å². The van der Waals surface area contributed by atoms with Crippen LogP contribution in [0.3, 0.4) is 0 Å². The third-order valence-corrected chi connectivity index (χ3v) is 4.68. The summed E-state index contributed by atoms with van der Waals surface area (Å²) in [6, 6.07) is 3.31. The van der Waals surface area contributed by atoms with E-state index in [0.29, 0.717) is 47.7 Å². The van der Waals surface area contributed by atoms with Gasteiger partial charge in [0.25, 0.3) is 17.7 Å². The fraction of sp³-hybridized carbons (Fsp3) is 0.450. The Morgan fingerprint density at radius 1 is 0.966 bits per heavy atom. The van der Waals surface area contributed by atoms with E-state index in [4.69, 9.17) is 23.7 Å². The van der Waals surface area contributed by atoms with Crippen LogP contribution in [0.5, 0.6) is 29.0 Å². The van der Waals surface area contributed by atoms with E-state index in [1.54, 1.807) is 23.2 Å². The maximum absolute atomic E-state index is 13.1. The minimum absolute atomic E-state index is 0.135. The highest BCUT2D eigenvalue weighted by molar-refractivity contribution is 5.95. The first kappa shape index (κ1) is 20.5. The molecule has 1 amide bonds.